The zero-order chi connectivity index (χ0) is 22.2. The third kappa shape index (κ3) is 10.7. The summed E-state index contributed by atoms with van der Waals surface area (Å²) in [6.45, 7) is 3.73. The largest absolute Gasteiger partial charge is 0.481 e. The smallest absolute Gasteiger partial charge is 0.307 e. The minimum atomic E-state index is -0.786. The molecule has 0 aromatic heterocycles. The van der Waals surface area contributed by atoms with Crippen molar-refractivity contribution >= 4 is 17.5 Å². The van der Waals surface area contributed by atoms with E-state index < -0.39 is 11.9 Å². The highest BCUT2D eigenvalue weighted by Crippen LogP contribution is 2.18. The van der Waals surface area contributed by atoms with Crippen LogP contribution in [0.4, 0.5) is 0 Å². The second-order valence-electron chi connectivity index (χ2n) is 7.51. The Balaban J connectivity index is 0.000000375. The van der Waals surface area contributed by atoms with Crippen molar-refractivity contribution in [1.29, 1.82) is 0 Å². The lowest BCUT2D eigenvalue weighted by atomic mass is 9.89. The number of hydrogen-bond donors (Lipinski definition) is 1. The molecule has 2 aromatic rings. The molecule has 1 unspecified atom stereocenters. The van der Waals surface area contributed by atoms with Crippen molar-refractivity contribution in [3.05, 3.63) is 71.8 Å². The number of Topliss-reactive ketones (excluding diaryl/α,β-unsaturated/α-hetero) is 2. The number of carboxylic acid groups (broad SMARTS) is 1. The molecule has 4 nitrogen and oxygen atoms in total. The number of ketones is 2. The van der Waals surface area contributed by atoms with Crippen molar-refractivity contribution in [3.63, 3.8) is 0 Å². The molecule has 0 spiro atoms. The Morgan fingerprint density at radius 1 is 0.800 bits per heavy atom. The maximum atomic E-state index is 12.3. The van der Waals surface area contributed by atoms with Crippen LogP contribution in [0.1, 0.15) is 74.7 Å². The molecule has 2 rings (SSSR count). The number of carbonyl (C=O) groups excluding carboxylic acids is 2. The third-order valence-electron chi connectivity index (χ3n) is 4.91. The predicted octanol–water partition coefficient (Wildman–Crippen LogP) is 6.14. The lowest BCUT2D eigenvalue weighted by Crippen LogP contribution is -2.22. The normalized spacial score (nSPS) is 11.1. The number of benzene rings is 2. The first-order valence-electron chi connectivity index (χ1n) is 10.8. The van der Waals surface area contributed by atoms with Gasteiger partial charge in [-0.15, -0.1) is 0 Å². The van der Waals surface area contributed by atoms with Gasteiger partial charge in [0.25, 0.3) is 0 Å². The van der Waals surface area contributed by atoms with Crippen molar-refractivity contribution < 1.29 is 19.5 Å². The molecule has 0 aliphatic rings. The van der Waals surface area contributed by atoms with E-state index in [1.807, 2.05) is 36.4 Å². The molecule has 162 valence electrons. The molecule has 30 heavy (non-hydrogen) atoms. The van der Waals surface area contributed by atoms with Crippen LogP contribution in [0, 0.1) is 5.92 Å². The highest BCUT2D eigenvalue weighted by molar-refractivity contribution is 6.09. The summed E-state index contributed by atoms with van der Waals surface area (Å²) in [4.78, 5) is 34.2. The van der Waals surface area contributed by atoms with E-state index in [2.05, 4.69) is 6.92 Å². The molecule has 0 radical (unpaired) electrons. The van der Waals surface area contributed by atoms with E-state index in [4.69, 9.17) is 5.11 Å². The van der Waals surface area contributed by atoms with Gasteiger partial charge in [-0.2, -0.15) is 0 Å². The molecule has 1 N–H and O–H groups in total. The Labute approximate surface area is 180 Å². The predicted molar refractivity (Wildman–Crippen MR) is 121 cm³/mol. The average Bonchev–Trinajstić information content (AvgIpc) is 2.74. The lowest BCUT2D eigenvalue weighted by Gasteiger charge is -2.12. The fraction of sp³-hybridized carbons (Fsp3) is 0.423. The Hall–Kier alpha value is -2.75. The summed E-state index contributed by atoms with van der Waals surface area (Å²) in [7, 11) is 0. The summed E-state index contributed by atoms with van der Waals surface area (Å²) in [5.41, 5.74) is 1.49. The molecule has 0 fully saturated rings. The first-order valence-corrected chi connectivity index (χ1v) is 10.8. The monoisotopic (exact) mass is 410 g/mol. The van der Waals surface area contributed by atoms with Gasteiger partial charge in [0.1, 0.15) is 5.78 Å². The van der Waals surface area contributed by atoms with Crippen LogP contribution in [0.5, 0.6) is 0 Å². The molecule has 0 saturated heterocycles. The highest BCUT2D eigenvalue weighted by atomic mass is 16.4. The summed E-state index contributed by atoms with van der Waals surface area (Å²) in [5, 5.41) is 8.37. The third-order valence-corrected chi connectivity index (χ3v) is 4.91. The molecule has 0 amide bonds. The number of aliphatic carboxylic acids is 1. The van der Waals surface area contributed by atoms with E-state index in [0.717, 1.165) is 18.4 Å². The van der Waals surface area contributed by atoms with E-state index in [9.17, 15) is 14.4 Å². The van der Waals surface area contributed by atoms with Crippen LogP contribution >= 0.6 is 0 Å². The van der Waals surface area contributed by atoms with Gasteiger partial charge in [0.15, 0.2) is 5.78 Å². The molecule has 0 heterocycles. The Morgan fingerprint density at radius 3 is 1.87 bits per heavy atom. The summed E-state index contributed by atoms with van der Waals surface area (Å²) in [6, 6.07) is 18.3. The van der Waals surface area contributed by atoms with Gasteiger partial charge in [-0.05, 0) is 18.9 Å². The van der Waals surface area contributed by atoms with Crippen LogP contribution in [-0.4, -0.2) is 22.6 Å². The first kappa shape index (κ1) is 25.3. The Morgan fingerprint density at radius 2 is 1.33 bits per heavy atom. The molecule has 0 aliphatic carbocycles. The number of carbonyl (C=O) groups is 3. The first-order chi connectivity index (χ1) is 14.5. The van der Waals surface area contributed by atoms with E-state index in [-0.39, 0.29) is 18.0 Å². The molecule has 4 heteroatoms. The second kappa shape index (κ2) is 15.1. The van der Waals surface area contributed by atoms with Gasteiger partial charge in [-0.3, -0.25) is 14.4 Å². The second-order valence-corrected chi connectivity index (χ2v) is 7.51. The summed E-state index contributed by atoms with van der Waals surface area (Å²) in [6.07, 6.45) is 7.86. The molecule has 2 aromatic carbocycles. The maximum Gasteiger partial charge on any atom is 0.307 e. The van der Waals surface area contributed by atoms with Crippen LogP contribution in [0.2, 0.25) is 0 Å². The van der Waals surface area contributed by atoms with Gasteiger partial charge in [0, 0.05) is 5.56 Å². The van der Waals surface area contributed by atoms with Crippen LogP contribution in [0.25, 0.3) is 0 Å². The van der Waals surface area contributed by atoms with Crippen molar-refractivity contribution in [3.8, 4) is 0 Å². The summed E-state index contributed by atoms with van der Waals surface area (Å²) < 4.78 is 0. The van der Waals surface area contributed by atoms with Gasteiger partial charge >= 0.3 is 5.97 Å². The molecule has 1 atom stereocenters. The fourth-order valence-electron chi connectivity index (χ4n) is 3.22. The van der Waals surface area contributed by atoms with E-state index in [1.54, 1.807) is 24.3 Å². The van der Waals surface area contributed by atoms with Crippen LogP contribution < -0.4 is 0 Å². The Bertz CT molecular complexity index is 753. The highest BCUT2D eigenvalue weighted by Gasteiger charge is 2.23. The van der Waals surface area contributed by atoms with E-state index in [0.29, 0.717) is 12.0 Å². The lowest BCUT2D eigenvalue weighted by molar-refractivity contribution is -0.136. The van der Waals surface area contributed by atoms with Crippen molar-refractivity contribution in [2.24, 2.45) is 5.92 Å². The number of hydrogen-bond acceptors (Lipinski definition) is 3. The standard InChI is InChI=1S/C18H26O2.C8H8O2/c1-3-4-5-6-7-11-14-17(15(2)19)18(20)16-12-9-8-10-13-16;9-8(10)6-7-4-2-1-3-5-7/h8-10,12-13,17H,3-7,11,14H2,1-2H3;1-5H,6H2,(H,9,10). The zero-order valence-electron chi connectivity index (χ0n) is 18.2. The molecule has 0 aliphatic heterocycles. The van der Waals surface area contributed by atoms with Crippen molar-refractivity contribution in [2.45, 2.75) is 65.2 Å². The number of carboxylic acids is 1. The van der Waals surface area contributed by atoms with Gasteiger partial charge in [0.05, 0.1) is 12.3 Å². The Kier molecular flexibility index (Phi) is 12.8. The molecular weight excluding hydrogens is 376 g/mol. The van der Waals surface area contributed by atoms with Gasteiger partial charge in [-0.1, -0.05) is 106 Å². The SMILES string of the molecule is CCCCCCCCC(C(C)=O)C(=O)c1ccccc1.O=C(O)Cc1ccccc1. The molecular formula is C26H34O4. The maximum absolute atomic E-state index is 12.3. The summed E-state index contributed by atoms with van der Waals surface area (Å²) >= 11 is 0. The minimum absolute atomic E-state index is 0.00703. The average molecular weight is 411 g/mol. The fourth-order valence-corrected chi connectivity index (χ4v) is 3.22. The van der Waals surface area contributed by atoms with Crippen molar-refractivity contribution in [1.82, 2.24) is 0 Å². The van der Waals surface area contributed by atoms with Crippen LogP contribution in [-0.2, 0) is 16.0 Å². The number of unbranched alkanes of at least 4 members (excludes halogenated alkanes) is 5. The van der Waals surface area contributed by atoms with Crippen LogP contribution in [0.3, 0.4) is 0 Å². The summed E-state index contributed by atoms with van der Waals surface area (Å²) in [5.74, 6) is -1.27. The van der Waals surface area contributed by atoms with Gasteiger partial charge in [0.2, 0.25) is 0 Å². The number of rotatable bonds is 12. The van der Waals surface area contributed by atoms with Gasteiger partial charge in [-0.25, -0.2) is 0 Å². The topological polar surface area (TPSA) is 71.4 Å². The molecule has 0 bridgehead atoms. The van der Waals surface area contributed by atoms with Gasteiger partial charge < -0.3 is 5.11 Å². The molecule has 0 saturated carbocycles. The quantitative estimate of drug-likeness (QED) is 0.259. The van der Waals surface area contributed by atoms with Crippen molar-refractivity contribution in [2.75, 3.05) is 0 Å². The van der Waals surface area contributed by atoms with E-state index >= 15 is 0 Å². The minimum Gasteiger partial charge on any atom is -0.481 e. The van der Waals surface area contributed by atoms with E-state index in [1.165, 1.54) is 32.6 Å². The zero-order valence-corrected chi connectivity index (χ0v) is 18.2. The van der Waals surface area contributed by atoms with Crippen LogP contribution in [0.15, 0.2) is 60.7 Å².